The Morgan fingerprint density at radius 2 is 1.92 bits per heavy atom. The number of amides is 1. The molecule has 1 fully saturated rings. The second kappa shape index (κ2) is 5.43. The summed E-state index contributed by atoms with van der Waals surface area (Å²) in [6, 6.07) is 5.53. The van der Waals surface area contributed by atoms with Crippen molar-refractivity contribution in [2.75, 3.05) is 31.1 Å². The number of carbonyl (C=O) groups is 2. The molecule has 1 aromatic carbocycles. The van der Waals surface area contributed by atoms with Crippen molar-refractivity contribution in [1.29, 1.82) is 0 Å². The summed E-state index contributed by atoms with van der Waals surface area (Å²) in [5.41, 5.74) is 2.17. The predicted octanol–water partition coefficient (Wildman–Crippen LogP) is 2.75. The van der Waals surface area contributed by atoms with Gasteiger partial charge in [0, 0.05) is 37.2 Å². The third kappa shape index (κ3) is 2.43. The monoisotopic (exact) mass is 325 g/mol. The summed E-state index contributed by atoms with van der Waals surface area (Å²) in [7, 11) is 0. The Morgan fingerprint density at radius 3 is 2.67 bits per heavy atom. The van der Waals surface area contributed by atoms with Crippen LogP contribution in [0.2, 0.25) is 0 Å². The molecule has 126 valence electrons. The fourth-order valence-electron chi connectivity index (χ4n) is 3.81. The number of aliphatic imine (C=N–C) groups is 1. The maximum Gasteiger partial charge on any atom is 0.253 e. The number of amidine groups is 1. The van der Waals surface area contributed by atoms with Crippen LogP contribution in [0.4, 0.5) is 5.69 Å². The van der Waals surface area contributed by atoms with Crippen LogP contribution in [0.1, 0.15) is 53.8 Å². The van der Waals surface area contributed by atoms with Gasteiger partial charge in [-0.05, 0) is 37.5 Å². The number of hydrogen-bond donors (Lipinski definition) is 0. The van der Waals surface area contributed by atoms with E-state index >= 15 is 0 Å². The molecule has 0 saturated carbocycles. The van der Waals surface area contributed by atoms with Crippen LogP contribution >= 0.6 is 0 Å². The lowest BCUT2D eigenvalue weighted by atomic mass is 9.91. The number of carbonyl (C=O) groups excluding carboxylic acids is 2. The number of Topliss-reactive ketones (excluding diaryl/α,β-unsaturated/α-hetero) is 1. The number of ketones is 1. The van der Waals surface area contributed by atoms with Crippen molar-refractivity contribution in [2.24, 2.45) is 10.4 Å². The van der Waals surface area contributed by atoms with E-state index in [-0.39, 0.29) is 17.1 Å². The summed E-state index contributed by atoms with van der Waals surface area (Å²) >= 11 is 0. The van der Waals surface area contributed by atoms with E-state index in [9.17, 15) is 9.59 Å². The third-order valence-corrected chi connectivity index (χ3v) is 5.12. The van der Waals surface area contributed by atoms with Crippen molar-refractivity contribution in [3.05, 3.63) is 29.3 Å². The predicted molar refractivity (Wildman–Crippen MR) is 94.0 cm³/mol. The molecule has 0 N–H and O–H groups in total. The van der Waals surface area contributed by atoms with Crippen molar-refractivity contribution in [2.45, 2.75) is 33.1 Å². The van der Waals surface area contributed by atoms with Crippen LogP contribution in [0, 0.1) is 5.41 Å². The molecule has 0 aliphatic carbocycles. The van der Waals surface area contributed by atoms with E-state index in [0.29, 0.717) is 23.5 Å². The van der Waals surface area contributed by atoms with Gasteiger partial charge in [-0.2, -0.15) is 0 Å². The van der Waals surface area contributed by atoms with Crippen LogP contribution < -0.4 is 4.90 Å². The first-order chi connectivity index (χ1) is 11.5. The van der Waals surface area contributed by atoms with Crippen LogP contribution in [0.15, 0.2) is 23.2 Å². The Kier molecular flexibility index (Phi) is 3.48. The molecule has 0 radical (unpaired) electrons. The largest absolute Gasteiger partial charge is 0.339 e. The van der Waals surface area contributed by atoms with Gasteiger partial charge in [0.1, 0.15) is 0 Å². The Balaban J connectivity index is 1.67. The SMILES string of the molecule is CC1(C)CN=C2C(=O)c3cc(C(=O)N4CCCCC4)ccc3N2C1. The number of hydrogen-bond acceptors (Lipinski definition) is 4. The summed E-state index contributed by atoms with van der Waals surface area (Å²) in [4.78, 5) is 33.8. The normalized spacial score (nSPS) is 22.1. The highest BCUT2D eigenvalue weighted by Gasteiger charge is 2.40. The molecule has 0 aromatic heterocycles. The molecule has 0 spiro atoms. The number of fused-ring (bicyclic) bond motifs is 3. The van der Waals surface area contributed by atoms with Gasteiger partial charge in [0.25, 0.3) is 5.91 Å². The second-order valence-electron chi connectivity index (χ2n) is 7.80. The maximum atomic E-state index is 12.7. The van der Waals surface area contributed by atoms with E-state index in [4.69, 9.17) is 0 Å². The first-order valence-electron chi connectivity index (χ1n) is 8.76. The second-order valence-corrected chi connectivity index (χ2v) is 7.80. The van der Waals surface area contributed by atoms with Crippen molar-refractivity contribution in [3.63, 3.8) is 0 Å². The van der Waals surface area contributed by atoms with E-state index in [2.05, 4.69) is 18.8 Å². The van der Waals surface area contributed by atoms with Crippen molar-refractivity contribution in [3.8, 4) is 0 Å². The third-order valence-electron chi connectivity index (χ3n) is 5.12. The molecule has 1 aromatic rings. The van der Waals surface area contributed by atoms with Gasteiger partial charge in [0.15, 0.2) is 5.84 Å². The molecule has 0 unspecified atom stereocenters. The molecule has 4 rings (SSSR count). The summed E-state index contributed by atoms with van der Waals surface area (Å²) in [5, 5.41) is 0. The highest BCUT2D eigenvalue weighted by Crippen LogP contribution is 2.36. The van der Waals surface area contributed by atoms with E-state index in [1.54, 1.807) is 6.07 Å². The van der Waals surface area contributed by atoms with Gasteiger partial charge in [-0.15, -0.1) is 0 Å². The Labute approximate surface area is 142 Å². The van der Waals surface area contributed by atoms with Crippen LogP contribution in [0.5, 0.6) is 0 Å². The van der Waals surface area contributed by atoms with Gasteiger partial charge >= 0.3 is 0 Å². The number of anilines is 1. The van der Waals surface area contributed by atoms with E-state index in [0.717, 1.165) is 38.2 Å². The van der Waals surface area contributed by atoms with Crippen LogP contribution in [0.3, 0.4) is 0 Å². The molecule has 3 aliphatic heterocycles. The highest BCUT2D eigenvalue weighted by atomic mass is 16.2. The minimum absolute atomic E-state index is 0.0393. The van der Waals surface area contributed by atoms with Gasteiger partial charge < -0.3 is 9.80 Å². The summed E-state index contributed by atoms with van der Waals surface area (Å²) in [5.74, 6) is 0.526. The Hall–Kier alpha value is -2.17. The van der Waals surface area contributed by atoms with Gasteiger partial charge in [0.05, 0.1) is 11.3 Å². The van der Waals surface area contributed by atoms with Crippen LogP contribution in [-0.2, 0) is 0 Å². The first-order valence-corrected chi connectivity index (χ1v) is 8.76. The minimum atomic E-state index is -0.0474. The lowest BCUT2D eigenvalue weighted by Crippen LogP contribution is -2.44. The van der Waals surface area contributed by atoms with Crippen molar-refractivity contribution < 1.29 is 9.59 Å². The van der Waals surface area contributed by atoms with Crippen LogP contribution in [0.25, 0.3) is 0 Å². The zero-order valence-electron chi connectivity index (χ0n) is 14.3. The lowest BCUT2D eigenvalue weighted by molar-refractivity contribution is 0.0724. The average molecular weight is 325 g/mol. The summed E-state index contributed by atoms with van der Waals surface area (Å²) in [6.07, 6.45) is 3.32. The van der Waals surface area contributed by atoms with Gasteiger partial charge in [-0.1, -0.05) is 13.8 Å². The molecule has 5 nitrogen and oxygen atoms in total. The van der Waals surface area contributed by atoms with E-state index < -0.39 is 0 Å². The van der Waals surface area contributed by atoms with Gasteiger partial charge in [-0.3, -0.25) is 14.6 Å². The van der Waals surface area contributed by atoms with E-state index in [1.165, 1.54) is 6.42 Å². The Morgan fingerprint density at radius 1 is 1.17 bits per heavy atom. The molecule has 1 amide bonds. The van der Waals surface area contributed by atoms with Crippen LogP contribution in [-0.4, -0.2) is 48.6 Å². The zero-order valence-corrected chi connectivity index (χ0v) is 14.3. The molecule has 24 heavy (non-hydrogen) atoms. The zero-order chi connectivity index (χ0) is 16.9. The topological polar surface area (TPSA) is 53.0 Å². The fourth-order valence-corrected chi connectivity index (χ4v) is 3.81. The smallest absolute Gasteiger partial charge is 0.253 e. The number of likely N-dealkylation sites (tertiary alicyclic amines) is 1. The molecule has 0 bridgehead atoms. The quantitative estimate of drug-likeness (QED) is 0.798. The first kappa shape index (κ1) is 15.4. The molecule has 1 saturated heterocycles. The van der Waals surface area contributed by atoms with E-state index in [1.807, 2.05) is 21.9 Å². The van der Waals surface area contributed by atoms with Gasteiger partial charge in [0.2, 0.25) is 5.78 Å². The summed E-state index contributed by atoms with van der Waals surface area (Å²) < 4.78 is 0. The average Bonchev–Trinajstić information content (AvgIpc) is 2.85. The number of nitrogens with zero attached hydrogens (tertiary/aromatic N) is 3. The molecule has 0 atom stereocenters. The number of rotatable bonds is 1. The molecular weight excluding hydrogens is 302 g/mol. The molecule has 3 heterocycles. The molecule has 3 aliphatic rings. The number of piperidine rings is 1. The van der Waals surface area contributed by atoms with Crippen molar-refractivity contribution in [1.82, 2.24) is 4.90 Å². The van der Waals surface area contributed by atoms with Crippen molar-refractivity contribution >= 4 is 23.2 Å². The highest BCUT2D eigenvalue weighted by molar-refractivity contribution is 6.54. The minimum Gasteiger partial charge on any atom is -0.339 e. The fraction of sp³-hybridized carbons (Fsp3) is 0.526. The molecular formula is C19H23N3O2. The standard InChI is InChI=1S/C19H23N3O2/c1-19(2)11-20-17-16(23)14-10-13(6-7-15(14)22(17)12-19)18(24)21-8-4-3-5-9-21/h6-7,10H,3-5,8-9,11-12H2,1-2H3. The molecule has 5 heteroatoms. The van der Waals surface area contributed by atoms with Gasteiger partial charge in [-0.25, -0.2) is 0 Å². The number of benzene rings is 1. The lowest BCUT2D eigenvalue weighted by Gasteiger charge is -2.34. The Bertz CT molecular complexity index is 745. The summed E-state index contributed by atoms with van der Waals surface area (Å²) in [6.45, 7) is 7.39. The maximum absolute atomic E-state index is 12.7.